The summed E-state index contributed by atoms with van der Waals surface area (Å²) in [4.78, 5) is 25.7. The first-order chi connectivity index (χ1) is 7.70. The summed E-state index contributed by atoms with van der Waals surface area (Å²) in [5.74, 6) is 0.951. The number of carbonyl (C=O) groups is 2. The molecule has 0 aliphatic carbocycles. The number of likely N-dealkylation sites (N-methyl/N-ethyl adjacent to an activating group) is 1. The molecule has 16 heavy (non-hydrogen) atoms. The summed E-state index contributed by atoms with van der Waals surface area (Å²) < 4.78 is 5.30. The topological polar surface area (TPSA) is 53.8 Å². The minimum absolute atomic E-state index is 0.0709. The number of anilines is 1. The summed E-state index contributed by atoms with van der Waals surface area (Å²) in [5.41, 5.74) is 0. The van der Waals surface area contributed by atoms with Crippen molar-refractivity contribution in [2.45, 2.75) is 6.42 Å². The zero-order valence-electron chi connectivity index (χ0n) is 9.18. The molecule has 1 aliphatic rings. The van der Waals surface area contributed by atoms with E-state index in [1.807, 2.05) is 4.90 Å². The Hall–Kier alpha value is -1.78. The number of furan rings is 1. The van der Waals surface area contributed by atoms with Crippen LogP contribution < -0.4 is 4.90 Å². The number of hydrogen-bond acceptors (Lipinski definition) is 4. The van der Waals surface area contributed by atoms with E-state index < -0.39 is 0 Å². The van der Waals surface area contributed by atoms with Crippen LogP contribution in [0.5, 0.6) is 0 Å². The van der Waals surface area contributed by atoms with E-state index in [4.69, 9.17) is 4.42 Å². The van der Waals surface area contributed by atoms with Gasteiger partial charge >= 0.3 is 0 Å². The van der Waals surface area contributed by atoms with Crippen LogP contribution in [0, 0.1) is 0 Å². The zero-order valence-corrected chi connectivity index (χ0v) is 9.18. The second kappa shape index (κ2) is 4.38. The molecule has 0 unspecified atom stereocenters. The molecule has 0 radical (unpaired) electrons. The molecule has 86 valence electrons. The molecule has 0 saturated carbocycles. The number of hydrogen-bond donors (Lipinski definition) is 0. The van der Waals surface area contributed by atoms with Gasteiger partial charge in [0.1, 0.15) is 0 Å². The van der Waals surface area contributed by atoms with Crippen LogP contribution in [0.25, 0.3) is 0 Å². The van der Waals surface area contributed by atoms with Crippen molar-refractivity contribution in [1.82, 2.24) is 4.90 Å². The lowest BCUT2D eigenvalue weighted by molar-refractivity contribution is -0.127. The lowest BCUT2D eigenvalue weighted by Crippen LogP contribution is -2.34. The van der Waals surface area contributed by atoms with Crippen molar-refractivity contribution >= 4 is 18.1 Å². The first-order valence-electron chi connectivity index (χ1n) is 5.24. The second-order valence-corrected chi connectivity index (χ2v) is 3.88. The number of carbonyl (C=O) groups excluding carboxylic acids is 2. The van der Waals surface area contributed by atoms with E-state index in [9.17, 15) is 9.59 Å². The van der Waals surface area contributed by atoms with Gasteiger partial charge in [-0.05, 0) is 12.5 Å². The lowest BCUT2D eigenvalue weighted by atomic mass is 10.4. The number of amides is 1. The van der Waals surface area contributed by atoms with Crippen molar-refractivity contribution in [2.24, 2.45) is 0 Å². The average molecular weight is 222 g/mol. The molecular formula is C11H14N2O3. The van der Waals surface area contributed by atoms with Crippen LogP contribution in [0.3, 0.4) is 0 Å². The monoisotopic (exact) mass is 222 g/mol. The fourth-order valence-corrected chi connectivity index (χ4v) is 1.75. The van der Waals surface area contributed by atoms with Gasteiger partial charge in [0, 0.05) is 26.2 Å². The van der Waals surface area contributed by atoms with Crippen molar-refractivity contribution in [3.8, 4) is 0 Å². The highest BCUT2D eigenvalue weighted by Gasteiger charge is 2.20. The molecule has 0 aromatic carbocycles. The molecule has 2 heterocycles. The van der Waals surface area contributed by atoms with Gasteiger partial charge in [0.2, 0.25) is 5.91 Å². The predicted molar refractivity (Wildman–Crippen MR) is 58.6 cm³/mol. The van der Waals surface area contributed by atoms with Gasteiger partial charge in [0.05, 0.1) is 6.54 Å². The quantitative estimate of drug-likeness (QED) is 0.693. The molecular weight excluding hydrogens is 208 g/mol. The Morgan fingerprint density at radius 2 is 2.19 bits per heavy atom. The summed E-state index contributed by atoms with van der Waals surface area (Å²) in [6.45, 7) is 1.83. The van der Waals surface area contributed by atoms with Crippen molar-refractivity contribution in [3.05, 3.63) is 17.9 Å². The minimum atomic E-state index is 0.0709. The SMILES string of the molecule is CN1CCCN(c2ccc(C=O)o2)CC1=O. The van der Waals surface area contributed by atoms with Gasteiger partial charge in [-0.25, -0.2) is 0 Å². The van der Waals surface area contributed by atoms with E-state index in [1.54, 1.807) is 24.1 Å². The van der Waals surface area contributed by atoms with Gasteiger partial charge in [-0.3, -0.25) is 9.59 Å². The molecule has 1 aliphatic heterocycles. The van der Waals surface area contributed by atoms with Crippen molar-refractivity contribution in [3.63, 3.8) is 0 Å². The smallest absolute Gasteiger partial charge is 0.241 e. The summed E-state index contributed by atoms with van der Waals surface area (Å²) in [5, 5.41) is 0. The first-order valence-corrected chi connectivity index (χ1v) is 5.24. The summed E-state index contributed by atoms with van der Waals surface area (Å²) in [6.07, 6.45) is 1.56. The van der Waals surface area contributed by atoms with Crippen LogP contribution in [0.1, 0.15) is 17.0 Å². The molecule has 1 fully saturated rings. The van der Waals surface area contributed by atoms with E-state index >= 15 is 0 Å². The van der Waals surface area contributed by atoms with Crippen LogP contribution in [-0.4, -0.2) is 43.8 Å². The highest BCUT2D eigenvalue weighted by Crippen LogP contribution is 2.19. The summed E-state index contributed by atoms with van der Waals surface area (Å²) in [6, 6.07) is 3.34. The fourth-order valence-electron chi connectivity index (χ4n) is 1.75. The lowest BCUT2D eigenvalue weighted by Gasteiger charge is -2.18. The summed E-state index contributed by atoms with van der Waals surface area (Å²) >= 11 is 0. The molecule has 0 N–H and O–H groups in total. The highest BCUT2D eigenvalue weighted by molar-refractivity contribution is 5.81. The molecule has 1 saturated heterocycles. The second-order valence-electron chi connectivity index (χ2n) is 3.88. The molecule has 0 atom stereocenters. The standard InChI is InChI=1S/C11H14N2O3/c1-12-5-2-6-13(7-10(12)15)11-4-3-9(8-14)16-11/h3-4,8H,2,5-7H2,1H3. The van der Waals surface area contributed by atoms with Crippen molar-refractivity contribution in [1.29, 1.82) is 0 Å². The number of rotatable bonds is 2. The molecule has 5 heteroatoms. The highest BCUT2D eigenvalue weighted by atomic mass is 16.4. The zero-order chi connectivity index (χ0) is 11.5. The normalized spacial score (nSPS) is 17.4. The van der Waals surface area contributed by atoms with E-state index in [2.05, 4.69) is 0 Å². The fraction of sp³-hybridized carbons (Fsp3) is 0.455. The first kappa shape index (κ1) is 10.7. The third kappa shape index (κ3) is 2.08. The third-order valence-electron chi connectivity index (χ3n) is 2.71. The molecule has 0 bridgehead atoms. The maximum Gasteiger partial charge on any atom is 0.241 e. The number of aldehydes is 1. The van der Waals surface area contributed by atoms with E-state index in [0.717, 1.165) is 19.5 Å². The van der Waals surface area contributed by atoms with Crippen LogP contribution in [0.4, 0.5) is 5.88 Å². The maximum atomic E-state index is 11.6. The average Bonchev–Trinajstić information content (AvgIpc) is 2.69. The Kier molecular flexibility index (Phi) is 2.94. The van der Waals surface area contributed by atoms with Gasteiger partial charge in [-0.2, -0.15) is 0 Å². The van der Waals surface area contributed by atoms with Crippen LogP contribution in [-0.2, 0) is 4.79 Å². The molecule has 1 aromatic rings. The van der Waals surface area contributed by atoms with Gasteiger partial charge < -0.3 is 14.2 Å². The van der Waals surface area contributed by atoms with Crippen molar-refractivity contribution in [2.75, 3.05) is 31.6 Å². The van der Waals surface area contributed by atoms with Crippen LogP contribution >= 0.6 is 0 Å². The maximum absolute atomic E-state index is 11.6. The molecule has 0 spiro atoms. The van der Waals surface area contributed by atoms with Gasteiger partial charge in [0.25, 0.3) is 0 Å². The van der Waals surface area contributed by atoms with Crippen molar-refractivity contribution < 1.29 is 14.0 Å². The van der Waals surface area contributed by atoms with Gasteiger partial charge in [-0.1, -0.05) is 0 Å². The van der Waals surface area contributed by atoms with Crippen LogP contribution in [0.2, 0.25) is 0 Å². The largest absolute Gasteiger partial charge is 0.438 e. The van der Waals surface area contributed by atoms with Gasteiger partial charge in [0.15, 0.2) is 17.9 Å². The van der Waals surface area contributed by atoms with E-state index in [1.165, 1.54) is 0 Å². The Bertz CT molecular complexity index is 400. The Balaban J connectivity index is 2.14. The van der Waals surface area contributed by atoms with Crippen LogP contribution in [0.15, 0.2) is 16.5 Å². The minimum Gasteiger partial charge on any atom is -0.438 e. The molecule has 2 rings (SSSR count). The Morgan fingerprint density at radius 1 is 1.38 bits per heavy atom. The molecule has 5 nitrogen and oxygen atoms in total. The Morgan fingerprint density at radius 3 is 2.88 bits per heavy atom. The third-order valence-corrected chi connectivity index (χ3v) is 2.71. The molecule has 1 amide bonds. The molecule has 1 aromatic heterocycles. The van der Waals surface area contributed by atoms with E-state index in [0.29, 0.717) is 24.5 Å². The Labute approximate surface area is 93.6 Å². The van der Waals surface area contributed by atoms with Gasteiger partial charge in [-0.15, -0.1) is 0 Å². The summed E-state index contributed by atoms with van der Waals surface area (Å²) in [7, 11) is 1.80. The van der Waals surface area contributed by atoms with E-state index in [-0.39, 0.29) is 5.91 Å². The predicted octanol–water partition coefficient (Wildman–Crippen LogP) is 0.761. The number of nitrogens with zero attached hydrogens (tertiary/aromatic N) is 2.